The highest BCUT2D eigenvalue weighted by Crippen LogP contribution is 2.15. The Labute approximate surface area is 194 Å². The number of aromatic nitrogens is 1. The third-order valence-electron chi connectivity index (χ3n) is 5.66. The smallest absolute Gasteiger partial charge is 0.253 e. The Bertz CT molecular complexity index is 917. The molecule has 0 fully saturated rings. The van der Waals surface area contributed by atoms with Gasteiger partial charge in [-0.2, -0.15) is 5.10 Å². The largest absolute Gasteiger partial charge is 0.387 e. The zero-order valence-corrected chi connectivity index (χ0v) is 19.6. The summed E-state index contributed by atoms with van der Waals surface area (Å²) >= 11 is 5.81. The number of halogens is 1. The number of aliphatic hydroxyl groups is 1. The molecule has 1 aromatic heterocycles. The van der Waals surface area contributed by atoms with Gasteiger partial charge in [-0.25, -0.2) is 4.98 Å². The first-order valence-corrected chi connectivity index (χ1v) is 11.4. The summed E-state index contributed by atoms with van der Waals surface area (Å²) in [4.78, 5) is 18.5. The van der Waals surface area contributed by atoms with Crippen LogP contribution in [0.2, 0.25) is 5.15 Å². The molecule has 0 spiro atoms. The first-order chi connectivity index (χ1) is 15.4. The molecule has 1 unspecified atom stereocenters. The molecule has 0 bridgehead atoms. The van der Waals surface area contributed by atoms with Gasteiger partial charge in [-0.1, -0.05) is 36.7 Å². The lowest BCUT2D eigenvalue weighted by molar-refractivity contribution is 0.0814. The molecule has 0 saturated carbocycles. The summed E-state index contributed by atoms with van der Waals surface area (Å²) in [5.74, 6) is -0.0105. The van der Waals surface area contributed by atoms with Gasteiger partial charge >= 0.3 is 0 Å². The molecule has 7 nitrogen and oxygen atoms in total. The van der Waals surface area contributed by atoms with E-state index in [1.807, 2.05) is 24.3 Å². The number of rotatable bonds is 10. The van der Waals surface area contributed by atoms with E-state index in [9.17, 15) is 9.90 Å². The monoisotopic (exact) mass is 457 g/mol. The standard InChI is InChI=1S/C24H32ClN5O2/c1-4-20(26-14-22(31)19-9-10-23(25)27-13-19)12-17-5-7-18(8-6-17)24(32)30(3)15-21-11-16(2)28-29-21/h5-10,13,16,20,22,26,28,31H,4,11-12,14-15H2,1-3H3/t16?,20-,22-/m0/s1. The first kappa shape index (κ1) is 24.2. The summed E-state index contributed by atoms with van der Waals surface area (Å²) in [6.07, 6.45) is 3.55. The van der Waals surface area contributed by atoms with Gasteiger partial charge in [0.2, 0.25) is 0 Å². The number of hydrogen-bond donors (Lipinski definition) is 3. The Kier molecular flexibility index (Phi) is 8.61. The van der Waals surface area contributed by atoms with Gasteiger partial charge in [-0.3, -0.25) is 4.79 Å². The molecule has 1 amide bonds. The molecule has 1 aliphatic heterocycles. The van der Waals surface area contributed by atoms with E-state index < -0.39 is 6.10 Å². The maximum atomic E-state index is 12.7. The number of nitrogens with one attached hydrogen (secondary N) is 2. The van der Waals surface area contributed by atoms with Crippen LogP contribution in [0, 0.1) is 0 Å². The van der Waals surface area contributed by atoms with Crippen LogP contribution < -0.4 is 10.7 Å². The minimum atomic E-state index is -0.646. The van der Waals surface area contributed by atoms with Gasteiger partial charge in [0.1, 0.15) is 5.15 Å². The van der Waals surface area contributed by atoms with E-state index in [1.54, 1.807) is 30.3 Å². The summed E-state index contributed by atoms with van der Waals surface area (Å²) in [7, 11) is 1.81. The van der Waals surface area contributed by atoms with E-state index in [-0.39, 0.29) is 11.9 Å². The van der Waals surface area contributed by atoms with E-state index >= 15 is 0 Å². The van der Waals surface area contributed by atoms with Crippen molar-refractivity contribution in [3.05, 3.63) is 64.4 Å². The van der Waals surface area contributed by atoms with E-state index in [0.717, 1.165) is 36.1 Å². The van der Waals surface area contributed by atoms with Crippen LogP contribution in [0.3, 0.4) is 0 Å². The van der Waals surface area contributed by atoms with Crippen molar-refractivity contribution in [2.75, 3.05) is 20.1 Å². The Morgan fingerprint density at radius 1 is 1.31 bits per heavy atom. The molecule has 2 heterocycles. The number of pyridine rings is 1. The molecular formula is C24H32ClN5O2. The molecule has 172 valence electrons. The number of carbonyl (C=O) groups is 1. The molecular weight excluding hydrogens is 426 g/mol. The zero-order valence-electron chi connectivity index (χ0n) is 18.9. The number of benzene rings is 1. The topological polar surface area (TPSA) is 89.9 Å². The molecule has 0 saturated heterocycles. The van der Waals surface area contributed by atoms with Crippen molar-refractivity contribution in [2.24, 2.45) is 5.10 Å². The third kappa shape index (κ3) is 6.76. The number of amides is 1. The lowest BCUT2D eigenvalue weighted by Crippen LogP contribution is -2.34. The maximum absolute atomic E-state index is 12.7. The SMILES string of the molecule is CC[C@@H](Cc1ccc(C(=O)N(C)CC2=NNC(C)C2)cc1)NC[C@H](O)c1ccc(Cl)nc1. The summed E-state index contributed by atoms with van der Waals surface area (Å²) in [6, 6.07) is 11.8. The Morgan fingerprint density at radius 3 is 2.66 bits per heavy atom. The van der Waals surface area contributed by atoms with Crippen molar-refractivity contribution >= 4 is 23.2 Å². The van der Waals surface area contributed by atoms with Gasteiger partial charge in [-0.05, 0) is 43.5 Å². The molecule has 1 aliphatic rings. The lowest BCUT2D eigenvalue weighted by Gasteiger charge is -2.20. The predicted molar refractivity (Wildman–Crippen MR) is 128 cm³/mol. The quantitative estimate of drug-likeness (QED) is 0.477. The van der Waals surface area contributed by atoms with Crippen molar-refractivity contribution in [3.8, 4) is 0 Å². The van der Waals surface area contributed by atoms with Crippen molar-refractivity contribution in [1.29, 1.82) is 0 Å². The molecule has 3 N–H and O–H groups in total. The molecule has 32 heavy (non-hydrogen) atoms. The fourth-order valence-electron chi connectivity index (χ4n) is 3.72. The highest BCUT2D eigenvalue weighted by molar-refractivity contribution is 6.29. The van der Waals surface area contributed by atoms with E-state index in [1.165, 1.54) is 0 Å². The summed E-state index contributed by atoms with van der Waals surface area (Å²) in [5.41, 5.74) is 6.58. The van der Waals surface area contributed by atoms with Crippen molar-refractivity contribution in [2.45, 2.75) is 51.3 Å². The second-order valence-electron chi connectivity index (χ2n) is 8.42. The minimum absolute atomic E-state index is 0.0105. The molecule has 0 radical (unpaired) electrons. The van der Waals surface area contributed by atoms with Crippen LogP contribution in [0.15, 0.2) is 47.7 Å². The van der Waals surface area contributed by atoms with Crippen molar-refractivity contribution in [1.82, 2.24) is 20.6 Å². The molecule has 0 aliphatic carbocycles. The highest BCUT2D eigenvalue weighted by atomic mass is 35.5. The molecule has 8 heteroatoms. The molecule has 1 aromatic carbocycles. The average molecular weight is 458 g/mol. The Hall–Kier alpha value is -2.48. The lowest BCUT2D eigenvalue weighted by atomic mass is 10.0. The van der Waals surface area contributed by atoms with Gasteiger partial charge < -0.3 is 20.7 Å². The fourth-order valence-corrected chi connectivity index (χ4v) is 3.83. The van der Waals surface area contributed by atoms with Gasteiger partial charge in [0, 0.05) is 49.4 Å². The Morgan fingerprint density at radius 2 is 2.06 bits per heavy atom. The van der Waals surface area contributed by atoms with Gasteiger partial charge in [0.15, 0.2) is 0 Å². The van der Waals surface area contributed by atoms with Gasteiger partial charge in [0.25, 0.3) is 5.91 Å². The second kappa shape index (κ2) is 11.4. The maximum Gasteiger partial charge on any atom is 0.253 e. The zero-order chi connectivity index (χ0) is 23.1. The van der Waals surface area contributed by atoms with E-state index in [0.29, 0.717) is 29.8 Å². The number of hydrogen-bond acceptors (Lipinski definition) is 6. The van der Waals surface area contributed by atoms with Crippen LogP contribution in [0.5, 0.6) is 0 Å². The molecule has 3 rings (SSSR count). The van der Waals surface area contributed by atoms with Crippen LogP contribution in [0.25, 0.3) is 0 Å². The third-order valence-corrected chi connectivity index (χ3v) is 5.89. The molecule has 2 aromatic rings. The van der Waals surface area contributed by atoms with Crippen LogP contribution >= 0.6 is 11.6 Å². The van der Waals surface area contributed by atoms with Gasteiger partial charge in [-0.15, -0.1) is 0 Å². The number of carbonyl (C=O) groups excluding carboxylic acids is 1. The summed E-state index contributed by atoms with van der Waals surface area (Å²) in [5, 5.41) is 18.5. The average Bonchev–Trinajstić information content (AvgIpc) is 3.21. The first-order valence-electron chi connectivity index (χ1n) is 11.0. The minimum Gasteiger partial charge on any atom is -0.387 e. The number of hydrazone groups is 1. The van der Waals surface area contributed by atoms with Crippen LogP contribution in [0.4, 0.5) is 0 Å². The normalized spacial score (nSPS) is 17.4. The fraction of sp³-hybridized carbons (Fsp3) is 0.458. The summed E-state index contributed by atoms with van der Waals surface area (Å²) < 4.78 is 0. The van der Waals surface area contributed by atoms with E-state index in [2.05, 4.69) is 34.7 Å². The highest BCUT2D eigenvalue weighted by Gasteiger charge is 2.19. The Balaban J connectivity index is 1.50. The number of aliphatic hydroxyl groups excluding tert-OH is 1. The van der Waals surface area contributed by atoms with Crippen molar-refractivity contribution in [3.63, 3.8) is 0 Å². The van der Waals surface area contributed by atoms with Crippen LogP contribution in [-0.2, 0) is 6.42 Å². The van der Waals surface area contributed by atoms with Gasteiger partial charge in [0.05, 0.1) is 18.4 Å². The van der Waals surface area contributed by atoms with Crippen LogP contribution in [-0.4, -0.2) is 58.8 Å². The number of nitrogens with zero attached hydrogens (tertiary/aromatic N) is 3. The van der Waals surface area contributed by atoms with E-state index in [4.69, 9.17) is 11.6 Å². The van der Waals surface area contributed by atoms with Crippen molar-refractivity contribution < 1.29 is 9.90 Å². The second-order valence-corrected chi connectivity index (χ2v) is 8.81. The molecule has 3 atom stereocenters. The predicted octanol–water partition coefficient (Wildman–Crippen LogP) is 3.19. The van der Waals surface area contributed by atoms with Crippen LogP contribution in [0.1, 0.15) is 54.3 Å². The summed E-state index contributed by atoms with van der Waals surface area (Å²) in [6.45, 7) is 5.15.